The van der Waals surface area contributed by atoms with Crippen LogP contribution in [0.2, 0.25) is 5.02 Å². The van der Waals surface area contributed by atoms with E-state index >= 15 is 0 Å². The maximum atomic E-state index is 11.7. The minimum absolute atomic E-state index is 0.165. The van der Waals surface area contributed by atoms with Gasteiger partial charge in [-0.3, -0.25) is 4.79 Å². The Hall–Kier alpha value is -1.26. The molecule has 0 aliphatic rings. The van der Waals surface area contributed by atoms with Crippen LogP contribution in [0.1, 0.15) is 18.1 Å². The van der Waals surface area contributed by atoms with Gasteiger partial charge in [0, 0.05) is 18.7 Å². The number of rotatable bonds is 6. The van der Waals surface area contributed by atoms with Crippen LogP contribution in [0.15, 0.2) is 12.1 Å². The summed E-state index contributed by atoms with van der Waals surface area (Å²) in [7, 11) is 1.59. The van der Waals surface area contributed by atoms with E-state index in [2.05, 4.69) is 5.32 Å². The van der Waals surface area contributed by atoms with E-state index in [1.54, 1.807) is 14.0 Å². The van der Waals surface area contributed by atoms with E-state index < -0.39 is 6.10 Å². The first-order chi connectivity index (χ1) is 8.95. The molecule has 0 heterocycles. The summed E-state index contributed by atoms with van der Waals surface area (Å²) in [6.45, 7) is 6.48. The summed E-state index contributed by atoms with van der Waals surface area (Å²) in [5, 5.41) is 3.46. The zero-order valence-corrected chi connectivity index (χ0v) is 12.5. The van der Waals surface area contributed by atoms with Gasteiger partial charge in [0.2, 0.25) is 0 Å². The van der Waals surface area contributed by atoms with Crippen molar-refractivity contribution in [3.63, 3.8) is 0 Å². The molecule has 1 atom stereocenters. The predicted octanol–water partition coefficient (Wildman–Crippen LogP) is 2.49. The molecule has 0 fully saturated rings. The van der Waals surface area contributed by atoms with Crippen LogP contribution in [0.5, 0.6) is 5.75 Å². The first kappa shape index (κ1) is 15.8. The molecule has 1 aromatic carbocycles. The lowest BCUT2D eigenvalue weighted by Crippen LogP contribution is -2.37. The van der Waals surface area contributed by atoms with E-state index in [9.17, 15) is 4.79 Å². The summed E-state index contributed by atoms with van der Waals surface area (Å²) >= 11 is 6.08. The number of carbonyl (C=O) groups excluding carboxylic acids is 1. The molecule has 0 bridgehead atoms. The van der Waals surface area contributed by atoms with Crippen LogP contribution in [0.3, 0.4) is 0 Å². The maximum Gasteiger partial charge on any atom is 0.260 e. The van der Waals surface area contributed by atoms with Crippen LogP contribution in [-0.4, -0.2) is 32.3 Å². The number of carbonyl (C=O) groups is 1. The van der Waals surface area contributed by atoms with Gasteiger partial charge in [-0.2, -0.15) is 0 Å². The fraction of sp³-hybridized carbons (Fsp3) is 0.500. The minimum atomic E-state index is -0.558. The molecular weight excluding hydrogens is 266 g/mol. The molecule has 106 valence electrons. The number of hydrogen-bond donors (Lipinski definition) is 1. The van der Waals surface area contributed by atoms with Crippen LogP contribution in [0.4, 0.5) is 0 Å². The largest absolute Gasteiger partial charge is 0.481 e. The van der Waals surface area contributed by atoms with E-state index in [1.807, 2.05) is 26.0 Å². The molecule has 4 nitrogen and oxygen atoms in total. The van der Waals surface area contributed by atoms with Crippen LogP contribution in [0, 0.1) is 13.8 Å². The zero-order chi connectivity index (χ0) is 14.4. The van der Waals surface area contributed by atoms with Gasteiger partial charge in [-0.25, -0.2) is 0 Å². The maximum absolute atomic E-state index is 11.7. The Kier molecular flexibility index (Phi) is 6.12. The number of ether oxygens (including phenoxy) is 2. The van der Waals surface area contributed by atoms with Gasteiger partial charge < -0.3 is 14.8 Å². The standard InChI is InChI=1S/C14H20ClNO3/c1-9-7-12(8-10(2)13(9)15)19-11(3)14(17)16-5-6-18-4/h7-8,11H,5-6H2,1-4H3,(H,16,17). The summed E-state index contributed by atoms with van der Waals surface area (Å²) in [5.74, 6) is 0.482. The van der Waals surface area contributed by atoms with E-state index in [4.69, 9.17) is 21.1 Å². The fourth-order valence-corrected chi connectivity index (χ4v) is 1.76. The van der Waals surface area contributed by atoms with Crippen LogP contribution in [0.25, 0.3) is 0 Å². The van der Waals surface area contributed by atoms with Crippen molar-refractivity contribution >= 4 is 17.5 Å². The second-order valence-electron chi connectivity index (χ2n) is 4.41. The molecule has 0 aliphatic heterocycles. The number of benzene rings is 1. The van der Waals surface area contributed by atoms with Crippen molar-refractivity contribution in [2.24, 2.45) is 0 Å². The molecule has 0 saturated heterocycles. The SMILES string of the molecule is COCCNC(=O)C(C)Oc1cc(C)c(Cl)c(C)c1. The van der Waals surface area contributed by atoms with E-state index in [0.29, 0.717) is 18.9 Å². The summed E-state index contributed by atoms with van der Waals surface area (Å²) in [5.41, 5.74) is 1.87. The topological polar surface area (TPSA) is 47.6 Å². The van der Waals surface area contributed by atoms with E-state index in [-0.39, 0.29) is 5.91 Å². The molecule has 19 heavy (non-hydrogen) atoms. The highest BCUT2D eigenvalue weighted by atomic mass is 35.5. The van der Waals surface area contributed by atoms with Crippen molar-refractivity contribution < 1.29 is 14.3 Å². The number of nitrogens with one attached hydrogen (secondary N) is 1. The second-order valence-corrected chi connectivity index (χ2v) is 4.79. The van der Waals surface area contributed by atoms with Gasteiger partial charge in [0.1, 0.15) is 5.75 Å². The van der Waals surface area contributed by atoms with Crippen molar-refractivity contribution in [1.82, 2.24) is 5.32 Å². The number of hydrogen-bond acceptors (Lipinski definition) is 3. The Balaban J connectivity index is 2.61. The Labute approximate surface area is 119 Å². The van der Waals surface area contributed by atoms with Gasteiger partial charge in [0.25, 0.3) is 5.91 Å². The normalized spacial score (nSPS) is 12.1. The second kappa shape index (κ2) is 7.36. The highest BCUT2D eigenvalue weighted by Crippen LogP contribution is 2.26. The highest BCUT2D eigenvalue weighted by molar-refractivity contribution is 6.32. The number of halogens is 1. The van der Waals surface area contributed by atoms with Gasteiger partial charge in [-0.15, -0.1) is 0 Å². The first-order valence-electron chi connectivity index (χ1n) is 6.15. The average molecular weight is 286 g/mol. The molecule has 5 heteroatoms. The van der Waals surface area contributed by atoms with Crippen molar-refractivity contribution in [3.8, 4) is 5.75 Å². The summed E-state index contributed by atoms with van der Waals surface area (Å²) in [4.78, 5) is 11.7. The lowest BCUT2D eigenvalue weighted by molar-refractivity contribution is -0.127. The van der Waals surface area contributed by atoms with Crippen LogP contribution >= 0.6 is 11.6 Å². The molecule has 0 aromatic heterocycles. The summed E-state index contributed by atoms with van der Waals surface area (Å²) < 4.78 is 10.5. The average Bonchev–Trinajstić information content (AvgIpc) is 2.36. The molecule has 1 rings (SSSR count). The number of aryl methyl sites for hydroxylation is 2. The van der Waals surface area contributed by atoms with Gasteiger partial charge >= 0.3 is 0 Å². The molecule has 1 amide bonds. The summed E-state index contributed by atoms with van der Waals surface area (Å²) in [6.07, 6.45) is -0.558. The Morgan fingerprint density at radius 1 is 1.37 bits per heavy atom. The molecule has 1 unspecified atom stereocenters. The van der Waals surface area contributed by atoms with Crippen LogP contribution in [-0.2, 0) is 9.53 Å². The Morgan fingerprint density at radius 3 is 2.47 bits per heavy atom. The Morgan fingerprint density at radius 2 is 1.95 bits per heavy atom. The van der Waals surface area contributed by atoms with Crippen molar-refractivity contribution in [1.29, 1.82) is 0 Å². The van der Waals surface area contributed by atoms with Gasteiger partial charge in [-0.05, 0) is 44.0 Å². The third-order valence-electron chi connectivity index (χ3n) is 2.70. The fourth-order valence-electron chi connectivity index (χ4n) is 1.65. The highest BCUT2D eigenvalue weighted by Gasteiger charge is 2.14. The molecule has 0 radical (unpaired) electrons. The Bertz CT molecular complexity index is 425. The summed E-state index contributed by atoms with van der Waals surface area (Å²) in [6, 6.07) is 3.66. The molecule has 1 aromatic rings. The molecule has 0 aliphatic carbocycles. The van der Waals surface area contributed by atoms with Crippen molar-refractivity contribution in [2.45, 2.75) is 26.9 Å². The third-order valence-corrected chi connectivity index (χ3v) is 3.29. The quantitative estimate of drug-likeness (QED) is 0.817. The molecule has 1 N–H and O–H groups in total. The minimum Gasteiger partial charge on any atom is -0.481 e. The van der Waals surface area contributed by atoms with Crippen molar-refractivity contribution in [3.05, 3.63) is 28.3 Å². The molecule has 0 saturated carbocycles. The van der Waals surface area contributed by atoms with Gasteiger partial charge in [-0.1, -0.05) is 11.6 Å². The lowest BCUT2D eigenvalue weighted by atomic mass is 10.1. The molecule has 0 spiro atoms. The van der Waals surface area contributed by atoms with E-state index in [0.717, 1.165) is 16.1 Å². The van der Waals surface area contributed by atoms with Crippen molar-refractivity contribution in [2.75, 3.05) is 20.3 Å². The molecular formula is C14H20ClNO3. The first-order valence-corrected chi connectivity index (χ1v) is 6.53. The zero-order valence-electron chi connectivity index (χ0n) is 11.7. The number of amides is 1. The van der Waals surface area contributed by atoms with Gasteiger partial charge in [0.15, 0.2) is 6.10 Å². The predicted molar refractivity (Wildman–Crippen MR) is 75.9 cm³/mol. The van der Waals surface area contributed by atoms with Gasteiger partial charge in [0.05, 0.1) is 6.61 Å². The van der Waals surface area contributed by atoms with Crippen LogP contribution < -0.4 is 10.1 Å². The number of methoxy groups -OCH3 is 1. The monoisotopic (exact) mass is 285 g/mol. The third kappa shape index (κ3) is 4.73. The lowest BCUT2D eigenvalue weighted by Gasteiger charge is -2.16. The van der Waals surface area contributed by atoms with E-state index in [1.165, 1.54) is 0 Å². The smallest absolute Gasteiger partial charge is 0.260 e.